The summed E-state index contributed by atoms with van der Waals surface area (Å²) in [4.78, 5) is 18.7. The molecule has 0 radical (unpaired) electrons. The lowest BCUT2D eigenvalue weighted by molar-refractivity contribution is 0.0946. The van der Waals surface area contributed by atoms with Crippen LogP contribution in [0.1, 0.15) is 55.1 Å². The summed E-state index contributed by atoms with van der Waals surface area (Å²) in [5.41, 5.74) is 1.50. The first-order valence-electron chi connectivity index (χ1n) is 8.79. The molecule has 1 N–H and O–H groups in total. The van der Waals surface area contributed by atoms with Crippen LogP contribution in [-0.4, -0.2) is 27.9 Å². The lowest BCUT2D eigenvalue weighted by atomic mass is 10.1. The summed E-state index contributed by atoms with van der Waals surface area (Å²) in [7, 11) is 0. The maximum atomic E-state index is 12.1. The quantitative estimate of drug-likeness (QED) is 0.771. The molecular weight excluding hydrogens is 338 g/mol. The van der Waals surface area contributed by atoms with Crippen molar-refractivity contribution in [1.29, 1.82) is 0 Å². The summed E-state index contributed by atoms with van der Waals surface area (Å²) < 4.78 is 5.53. The number of carbonyl (C=O) groups excluding carboxylic acids is 1. The largest absolute Gasteiger partial charge is 0.447 e. The molecule has 1 atom stereocenters. The van der Waals surface area contributed by atoms with Crippen LogP contribution in [0.5, 0.6) is 0 Å². The van der Waals surface area contributed by atoms with Crippen molar-refractivity contribution in [3.8, 4) is 0 Å². The summed E-state index contributed by atoms with van der Waals surface area (Å²) in [6, 6.07) is 8.53. The van der Waals surface area contributed by atoms with Gasteiger partial charge in [0.1, 0.15) is 6.26 Å². The van der Waals surface area contributed by atoms with Gasteiger partial charge >= 0.3 is 0 Å². The summed E-state index contributed by atoms with van der Waals surface area (Å²) in [6.07, 6.45) is 4.56. The van der Waals surface area contributed by atoms with Gasteiger partial charge in [-0.25, -0.2) is 4.98 Å². The monoisotopic (exact) mass is 361 g/mol. The highest BCUT2D eigenvalue weighted by Crippen LogP contribution is 2.20. The average molecular weight is 362 g/mol. The lowest BCUT2D eigenvalue weighted by Gasteiger charge is -2.27. The second-order valence-corrected chi connectivity index (χ2v) is 7.10. The number of hydrogen-bond acceptors (Lipinski definition) is 4. The molecule has 1 amide bonds. The minimum atomic E-state index is -0.151. The van der Waals surface area contributed by atoms with Crippen molar-refractivity contribution >= 4 is 17.5 Å². The van der Waals surface area contributed by atoms with E-state index in [4.69, 9.17) is 16.0 Å². The summed E-state index contributed by atoms with van der Waals surface area (Å²) in [5.74, 6) is 0.408. The SMILES string of the molecule is CCC(C)N(Cc1cccc(Cl)c1)Cc1nc(C(=O)NC2CC2)co1. The summed E-state index contributed by atoms with van der Waals surface area (Å²) in [6.45, 7) is 5.63. The van der Waals surface area contributed by atoms with E-state index in [9.17, 15) is 4.79 Å². The van der Waals surface area contributed by atoms with Crippen LogP contribution < -0.4 is 5.32 Å². The smallest absolute Gasteiger partial charge is 0.273 e. The van der Waals surface area contributed by atoms with Crippen LogP contribution in [0.3, 0.4) is 0 Å². The Labute approximate surface area is 153 Å². The van der Waals surface area contributed by atoms with E-state index in [1.807, 2.05) is 18.2 Å². The van der Waals surface area contributed by atoms with Gasteiger partial charge in [0.2, 0.25) is 5.89 Å². The molecule has 1 fully saturated rings. The Bertz CT molecular complexity index is 727. The van der Waals surface area contributed by atoms with Gasteiger partial charge in [0.25, 0.3) is 5.91 Å². The van der Waals surface area contributed by atoms with Crippen LogP contribution in [0, 0.1) is 0 Å². The number of amides is 1. The molecule has 5 nitrogen and oxygen atoms in total. The van der Waals surface area contributed by atoms with Crippen molar-refractivity contribution in [2.45, 2.75) is 58.3 Å². The molecule has 1 heterocycles. The normalized spacial score (nSPS) is 15.4. The third kappa shape index (κ3) is 5.06. The number of carbonyl (C=O) groups is 1. The van der Waals surface area contributed by atoms with Crippen molar-refractivity contribution in [1.82, 2.24) is 15.2 Å². The molecular formula is C19H24ClN3O2. The fraction of sp³-hybridized carbons (Fsp3) is 0.474. The van der Waals surface area contributed by atoms with Crippen LogP contribution in [-0.2, 0) is 13.1 Å². The standard InChI is InChI=1S/C19H24ClN3O2/c1-3-13(2)23(10-14-5-4-6-15(20)9-14)11-18-22-17(12-25-18)19(24)21-16-7-8-16/h4-6,9,12-13,16H,3,7-8,10-11H2,1-2H3,(H,21,24). The Morgan fingerprint density at radius 1 is 1.44 bits per heavy atom. The minimum Gasteiger partial charge on any atom is -0.447 e. The Balaban J connectivity index is 1.67. The molecule has 1 unspecified atom stereocenters. The molecule has 0 aliphatic heterocycles. The van der Waals surface area contributed by atoms with Gasteiger partial charge in [-0.15, -0.1) is 0 Å². The van der Waals surface area contributed by atoms with E-state index in [2.05, 4.69) is 35.1 Å². The van der Waals surface area contributed by atoms with Crippen molar-refractivity contribution in [2.24, 2.45) is 0 Å². The van der Waals surface area contributed by atoms with Crippen LogP contribution in [0.25, 0.3) is 0 Å². The Hall–Kier alpha value is -1.85. The molecule has 25 heavy (non-hydrogen) atoms. The number of aromatic nitrogens is 1. The number of hydrogen-bond donors (Lipinski definition) is 1. The molecule has 0 bridgehead atoms. The number of oxazole rings is 1. The molecule has 0 spiro atoms. The van der Waals surface area contributed by atoms with E-state index in [0.29, 0.717) is 30.2 Å². The van der Waals surface area contributed by atoms with E-state index < -0.39 is 0 Å². The molecule has 6 heteroatoms. The van der Waals surface area contributed by atoms with Gasteiger partial charge in [-0.3, -0.25) is 9.69 Å². The fourth-order valence-corrected chi connectivity index (χ4v) is 2.86. The number of halogens is 1. The highest BCUT2D eigenvalue weighted by molar-refractivity contribution is 6.30. The van der Waals surface area contributed by atoms with Crippen LogP contribution in [0.2, 0.25) is 5.02 Å². The van der Waals surface area contributed by atoms with Gasteiger partial charge in [-0.05, 0) is 43.9 Å². The van der Waals surface area contributed by atoms with E-state index in [-0.39, 0.29) is 5.91 Å². The summed E-state index contributed by atoms with van der Waals surface area (Å²) >= 11 is 6.09. The molecule has 134 valence electrons. The Kier molecular flexibility index (Phi) is 5.76. The molecule has 1 aliphatic rings. The van der Waals surface area contributed by atoms with Crippen molar-refractivity contribution in [3.05, 3.63) is 52.7 Å². The third-order valence-electron chi connectivity index (χ3n) is 4.52. The zero-order chi connectivity index (χ0) is 17.8. The first kappa shape index (κ1) is 18.0. The molecule has 2 aromatic rings. The van der Waals surface area contributed by atoms with Crippen LogP contribution in [0.4, 0.5) is 0 Å². The van der Waals surface area contributed by atoms with E-state index >= 15 is 0 Å². The zero-order valence-corrected chi connectivity index (χ0v) is 15.4. The molecule has 1 saturated carbocycles. The highest BCUT2D eigenvalue weighted by Gasteiger charge is 2.25. The van der Waals surface area contributed by atoms with Gasteiger partial charge < -0.3 is 9.73 Å². The van der Waals surface area contributed by atoms with Gasteiger partial charge in [0, 0.05) is 23.7 Å². The predicted molar refractivity (Wildman–Crippen MR) is 97.4 cm³/mol. The van der Waals surface area contributed by atoms with E-state index in [0.717, 1.165) is 36.4 Å². The average Bonchev–Trinajstić information content (AvgIpc) is 3.28. The second kappa shape index (κ2) is 8.02. The zero-order valence-electron chi connectivity index (χ0n) is 14.7. The number of nitrogens with one attached hydrogen (secondary N) is 1. The molecule has 3 rings (SSSR count). The van der Waals surface area contributed by atoms with Crippen molar-refractivity contribution in [2.75, 3.05) is 0 Å². The maximum Gasteiger partial charge on any atom is 0.273 e. The molecule has 1 aromatic carbocycles. The van der Waals surface area contributed by atoms with E-state index in [1.54, 1.807) is 0 Å². The Morgan fingerprint density at radius 3 is 2.92 bits per heavy atom. The lowest BCUT2D eigenvalue weighted by Crippen LogP contribution is -2.32. The fourth-order valence-electron chi connectivity index (χ4n) is 2.64. The Morgan fingerprint density at radius 2 is 2.24 bits per heavy atom. The van der Waals surface area contributed by atoms with Gasteiger partial charge in [0.15, 0.2) is 5.69 Å². The summed E-state index contributed by atoms with van der Waals surface area (Å²) in [5, 5.41) is 3.66. The first-order chi connectivity index (χ1) is 12.0. The maximum absolute atomic E-state index is 12.1. The van der Waals surface area contributed by atoms with Crippen LogP contribution in [0.15, 0.2) is 34.9 Å². The van der Waals surface area contributed by atoms with Gasteiger partial charge in [0.05, 0.1) is 6.54 Å². The minimum absolute atomic E-state index is 0.151. The van der Waals surface area contributed by atoms with Gasteiger partial charge in [-0.2, -0.15) is 0 Å². The van der Waals surface area contributed by atoms with Crippen molar-refractivity contribution in [3.63, 3.8) is 0 Å². The van der Waals surface area contributed by atoms with Crippen LogP contribution >= 0.6 is 11.6 Å². The molecule has 1 aliphatic carbocycles. The first-order valence-corrected chi connectivity index (χ1v) is 9.16. The van der Waals surface area contributed by atoms with Gasteiger partial charge in [-0.1, -0.05) is 30.7 Å². The highest BCUT2D eigenvalue weighted by atomic mass is 35.5. The number of benzene rings is 1. The van der Waals surface area contributed by atoms with E-state index in [1.165, 1.54) is 6.26 Å². The van der Waals surface area contributed by atoms with Crippen molar-refractivity contribution < 1.29 is 9.21 Å². The third-order valence-corrected chi connectivity index (χ3v) is 4.76. The number of rotatable bonds is 8. The molecule has 1 aromatic heterocycles. The molecule has 0 saturated heterocycles. The number of nitrogens with zero attached hydrogens (tertiary/aromatic N) is 2. The second-order valence-electron chi connectivity index (χ2n) is 6.67. The predicted octanol–water partition coefficient (Wildman–Crippen LogP) is 4.02. The topological polar surface area (TPSA) is 58.4 Å².